The minimum absolute atomic E-state index is 0.103. The molecule has 1 aliphatic rings. The van der Waals surface area contributed by atoms with E-state index in [-0.39, 0.29) is 11.4 Å². The van der Waals surface area contributed by atoms with E-state index in [1.54, 1.807) is 17.1 Å². The second-order valence-corrected chi connectivity index (χ2v) is 7.35. The molecule has 128 valence electrons. The molecule has 1 atom stereocenters. The average molecular weight is 328 g/mol. The number of carbonyl (C=O) groups is 1. The van der Waals surface area contributed by atoms with Crippen LogP contribution in [0.4, 0.5) is 10.5 Å². The number of likely N-dealkylation sites (tertiary alicyclic amines) is 1. The molecule has 7 heteroatoms. The largest absolute Gasteiger partial charge is 0.324 e. The Morgan fingerprint density at radius 2 is 1.96 bits per heavy atom. The predicted molar refractivity (Wildman–Crippen MR) is 91.9 cm³/mol. The fourth-order valence-corrected chi connectivity index (χ4v) is 2.85. The van der Waals surface area contributed by atoms with Crippen molar-refractivity contribution < 1.29 is 4.79 Å². The first-order chi connectivity index (χ1) is 11.3. The van der Waals surface area contributed by atoms with E-state index in [0.29, 0.717) is 18.2 Å². The molecule has 0 aromatic carbocycles. The molecule has 2 aromatic heterocycles. The van der Waals surface area contributed by atoms with Gasteiger partial charge in [-0.3, -0.25) is 4.68 Å². The molecule has 1 saturated heterocycles. The number of amides is 2. The van der Waals surface area contributed by atoms with Crippen LogP contribution in [0.2, 0.25) is 0 Å². The lowest BCUT2D eigenvalue weighted by Crippen LogP contribution is -2.33. The number of hydrogen-bond donors (Lipinski definition) is 1. The molecule has 2 aromatic rings. The number of urea groups is 1. The van der Waals surface area contributed by atoms with Crippen molar-refractivity contribution in [1.82, 2.24) is 24.6 Å². The Kier molecular flexibility index (Phi) is 4.26. The fraction of sp³-hybridized carbons (Fsp3) is 0.529. The van der Waals surface area contributed by atoms with E-state index in [1.807, 2.05) is 24.3 Å². The maximum absolute atomic E-state index is 12.4. The van der Waals surface area contributed by atoms with Crippen molar-refractivity contribution in [2.75, 3.05) is 18.4 Å². The predicted octanol–water partition coefficient (Wildman–Crippen LogP) is 2.53. The Morgan fingerprint density at radius 1 is 1.25 bits per heavy atom. The molecule has 2 amide bonds. The molecule has 0 spiro atoms. The first-order valence-electron chi connectivity index (χ1n) is 8.20. The van der Waals surface area contributed by atoms with Gasteiger partial charge in [-0.05, 0) is 12.0 Å². The minimum Gasteiger partial charge on any atom is -0.324 e. The van der Waals surface area contributed by atoms with E-state index in [1.165, 1.54) is 5.56 Å². The van der Waals surface area contributed by atoms with Gasteiger partial charge in [0, 0.05) is 37.7 Å². The summed E-state index contributed by atoms with van der Waals surface area (Å²) in [6, 6.07) is -0.103. The van der Waals surface area contributed by atoms with E-state index in [4.69, 9.17) is 0 Å². The van der Waals surface area contributed by atoms with Crippen LogP contribution < -0.4 is 5.32 Å². The zero-order valence-electron chi connectivity index (χ0n) is 14.7. The lowest BCUT2D eigenvalue weighted by Gasteiger charge is -2.18. The molecular weight excluding hydrogens is 304 g/mol. The van der Waals surface area contributed by atoms with Gasteiger partial charge in [-0.2, -0.15) is 5.10 Å². The summed E-state index contributed by atoms with van der Waals surface area (Å²) < 4.78 is 1.80. The zero-order chi connectivity index (χ0) is 17.3. The van der Waals surface area contributed by atoms with Crippen LogP contribution in [0, 0.1) is 0 Å². The molecule has 7 nitrogen and oxygen atoms in total. The highest BCUT2D eigenvalue weighted by Gasteiger charge is 2.28. The number of nitrogens with zero attached hydrogens (tertiary/aromatic N) is 5. The third-order valence-electron chi connectivity index (χ3n) is 4.25. The minimum atomic E-state index is -0.103. The number of carbonyl (C=O) groups excluding carboxylic acids is 1. The molecule has 0 aliphatic carbocycles. The van der Waals surface area contributed by atoms with Crippen molar-refractivity contribution in [3.8, 4) is 0 Å². The van der Waals surface area contributed by atoms with Crippen LogP contribution in [0.5, 0.6) is 0 Å². The summed E-state index contributed by atoms with van der Waals surface area (Å²) in [6.07, 6.45) is 8.19. The molecule has 0 saturated carbocycles. The molecule has 3 rings (SSSR count). The molecule has 0 unspecified atom stereocenters. The summed E-state index contributed by atoms with van der Waals surface area (Å²) in [4.78, 5) is 22.9. The van der Waals surface area contributed by atoms with Gasteiger partial charge in [-0.25, -0.2) is 14.8 Å². The van der Waals surface area contributed by atoms with E-state index in [9.17, 15) is 4.79 Å². The van der Waals surface area contributed by atoms with Crippen molar-refractivity contribution in [2.45, 2.75) is 38.5 Å². The highest BCUT2D eigenvalue weighted by atomic mass is 16.2. The molecular formula is C17H24N6O. The van der Waals surface area contributed by atoms with Crippen LogP contribution in [0.1, 0.15) is 44.5 Å². The second kappa shape index (κ2) is 6.22. The van der Waals surface area contributed by atoms with Crippen LogP contribution >= 0.6 is 0 Å². The summed E-state index contributed by atoms with van der Waals surface area (Å²) >= 11 is 0. The number of aryl methyl sites for hydroxylation is 1. The third-order valence-corrected chi connectivity index (χ3v) is 4.25. The van der Waals surface area contributed by atoms with Gasteiger partial charge >= 0.3 is 6.03 Å². The number of rotatable bonds is 2. The molecule has 24 heavy (non-hydrogen) atoms. The van der Waals surface area contributed by atoms with Crippen LogP contribution in [0.25, 0.3) is 0 Å². The smallest absolute Gasteiger partial charge is 0.321 e. The molecule has 3 heterocycles. The molecule has 1 aliphatic heterocycles. The van der Waals surface area contributed by atoms with Gasteiger partial charge in [0.05, 0.1) is 24.3 Å². The summed E-state index contributed by atoms with van der Waals surface area (Å²) in [5.41, 5.74) is 1.71. The van der Waals surface area contributed by atoms with E-state index >= 15 is 0 Å². The van der Waals surface area contributed by atoms with Gasteiger partial charge in [0.1, 0.15) is 5.82 Å². The standard InChI is InChI=1S/C17H24N6O/c1-17(2,3)15-18-8-14(9-19-15)21-16(24)23-6-5-12(11-23)13-7-20-22(4)10-13/h7-10,12H,5-6,11H2,1-4H3,(H,21,24)/t12-/m0/s1. The van der Waals surface area contributed by atoms with Gasteiger partial charge < -0.3 is 10.2 Å². The van der Waals surface area contributed by atoms with Crippen LogP contribution in [0.15, 0.2) is 24.8 Å². The van der Waals surface area contributed by atoms with Crippen LogP contribution in [-0.2, 0) is 12.5 Å². The topological polar surface area (TPSA) is 75.9 Å². The Hall–Kier alpha value is -2.44. The summed E-state index contributed by atoms with van der Waals surface area (Å²) in [7, 11) is 1.91. The van der Waals surface area contributed by atoms with Crippen LogP contribution in [0.3, 0.4) is 0 Å². The quantitative estimate of drug-likeness (QED) is 0.919. The Bertz CT molecular complexity index is 715. The van der Waals surface area contributed by atoms with E-state index in [2.05, 4.69) is 41.2 Å². The van der Waals surface area contributed by atoms with Gasteiger partial charge in [0.2, 0.25) is 0 Å². The first kappa shape index (κ1) is 16.4. The van der Waals surface area contributed by atoms with Crippen molar-refractivity contribution in [3.05, 3.63) is 36.2 Å². The van der Waals surface area contributed by atoms with Gasteiger partial charge in [0.15, 0.2) is 0 Å². The zero-order valence-corrected chi connectivity index (χ0v) is 14.7. The Balaban J connectivity index is 1.59. The highest BCUT2D eigenvalue weighted by Crippen LogP contribution is 2.27. The third kappa shape index (κ3) is 3.55. The number of hydrogen-bond acceptors (Lipinski definition) is 4. The molecule has 1 N–H and O–H groups in total. The number of anilines is 1. The van der Waals surface area contributed by atoms with E-state index in [0.717, 1.165) is 18.8 Å². The average Bonchev–Trinajstić information content (AvgIpc) is 3.15. The maximum atomic E-state index is 12.4. The first-order valence-corrected chi connectivity index (χ1v) is 8.20. The Morgan fingerprint density at radius 3 is 2.54 bits per heavy atom. The van der Waals surface area contributed by atoms with Gasteiger partial charge in [-0.15, -0.1) is 0 Å². The lowest BCUT2D eigenvalue weighted by atomic mass is 9.96. The van der Waals surface area contributed by atoms with E-state index < -0.39 is 0 Å². The van der Waals surface area contributed by atoms with Crippen molar-refractivity contribution >= 4 is 11.7 Å². The summed E-state index contributed by atoms with van der Waals surface area (Å²) in [6.45, 7) is 7.63. The lowest BCUT2D eigenvalue weighted by molar-refractivity contribution is 0.222. The molecule has 1 fully saturated rings. The summed E-state index contributed by atoms with van der Waals surface area (Å²) in [5, 5.41) is 7.09. The number of aromatic nitrogens is 4. The molecule has 0 radical (unpaired) electrons. The monoisotopic (exact) mass is 328 g/mol. The number of nitrogens with one attached hydrogen (secondary N) is 1. The maximum Gasteiger partial charge on any atom is 0.321 e. The Labute approximate surface area is 142 Å². The van der Waals surface area contributed by atoms with Crippen molar-refractivity contribution in [1.29, 1.82) is 0 Å². The van der Waals surface area contributed by atoms with Gasteiger partial charge in [-0.1, -0.05) is 20.8 Å². The second-order valence-electron chi connectivity index (χ2n) is 7.35. The SMILES string of the molecule is Cn1cc([C@H]2CCN(C(=O)Nc3cnc(C(C)(C)C)nc3)C2)cn1. The highest BCUT2D eigenvalue weighted by molar-refractivity contribution is 5.89. The summed E-state index contributed by atoms with van der Waals surface area (Å²) in [5.74, 6) is 1.11. The van der Waals surface area contributed by atoms with Crippen LogP contribution in [-0.4, -0.2) is 43.8 Å². The fourth-order valence-electron chi connectivity index (χ4n) is 2.85. The van der Waals surface area contributed by atoms with Gasteiger partial charge in [0.25, 0.3) is 0 Å². The van der Waals surface area contributed by atoms with Crippen molar-refractivity contribution in [3.63, 3.8) is 0 Å². The normalized spacial score (nSPS) is 18.0. The van der Waals surface area contributed by atoms with Crippen molar-refractivity contribution in [2.24, 2.45) is 7.05 Å². The molecule has 0 bridgehead atoms.